The maximum atomic E-state index is 12.8. The van der Waals surface area contributed by atoms with E-state index in [1.165, 1.54) is 12.1 Å². The van der Waals surface area contributed by atoms with Crippen molar-refractivity contribution in [2.75, 3.05) is 14.2 Å². The molecular formula is C16H17ClFNO2. The van der Waals surface area contributed by atoms with Gasteiger partial charge in [0.15, 0.2) is 11.5 Å². The van der Waals surface area contributed by atoms with Gasteiger partial charge in [-0.15, -0.1) is 0 Å². The van der Waals surface area contributed by atoms with Gasteiger partial charge in [0.05, 0.1) is 14.2 Å². The highest BCUT2D eigenvalue weighted by atomic mass is 35.5. The molecule has 0 aromatic heterocycles. The smallest absolute Gasteiger partial charge is 0.165 e. The summed E-state index contributed by atoms with van der Waals surface area (Å²) in [5, 5.41) is 3.86. The molecule has 0 fully saturated rings. The molecule has 2 aromatic carbocycles. The Hall–Kier alpha value is -1.78. The minimum atomic E-state index is -0.236. The lowest BCUT2D eigenvalue weighted by atomic mass is 10.1. The Morgan fingerprint density at radius 3 is 2.38 bits per heavy atom. The average molecular weight is 310 g/mol. The van der Waals surface area contributed by atoms with E-state index in [-0.39, 0.29) is 5.82 Å². The van der Waals surface area contributed by atoms with Gasteiger partial charge in [0, 0.05) is 29.7 Å². The summed E-state index contributed by atoms with van der Waals surface area (Å²) in [6.07, 6.45) is 0. The second-order valence-electron chi connectivity index (χ2n) is 4.53. The molecule has 0 radical (unpaired) electrons. The second kappa shape index (κ2) is 7.29. The van der Waals surface area contributed by atoms with E-state index < -0.39 is 0 Å². The Balaban J connectivity index is 2.05. The molecule has 0 aliphatic carbocycles. The number of ether oxygens (including phenoxy) is 2. The number of rotatable bonds is 6. The highest BCUT2D eigenvalue weighted by Crippen LogP contribution is 2.34. The molecule has 2 rings (SSSR count). The zero-order valence-electron chi connectivity index (χ0n) is 12.0. The minimum Gasteiger partial charge on any atom is -0.493 e. The summed E-state index contributed by atoms with van der Waals surface area (Å²) in [5.74, 6) is 1.03. The van der Waals surface area contributed by atoms with Gasteiger partial charge in [0.1, 0.15) is 5.82 Å². The average Bonchev–Trinajstić information content (AvgIpc) is 2.48. The Labute approximate surface area is 128 Å². The lowest BCUT2D eigenvalue weighted by Gasteiger charge is -2.14. The van der Waals surface area contributed by atoms with Crippen molar-refractivity contribution in [1.82, 2.24) is 5.32 Å². The van der Waals surface area contributed by atoms with Crippen molar-refractivity contribution in [2.24, 2.45) is 0 Å². The van der Waals surface area contributed by atoms with Crippen molar-refractivity contribution in [1.29, 1.82) is 0 Å². The number of methoxy groups -OCH3 is 2. The van der Waals surface area contributed by atoms with Crippen LogP contribution >= 0.6 is 11.6 Å². The molecule has 2 aromatic rings. The fourth-order valence-corrected chi connectivity index (χ4v) is 2.31. The molecule has 0 heterocycles. The minimum absolute atomic E-state index is 0.236. The van der Waals surface area contributed by atoms with Crippen LogP contribution in [0.2, 0.25) is 5.02 Å². The highest BCUT2D eigenvalue weighted by Gasteiger charge is 2.11. The fraction of sp³-hybridized carbons (Fsp3) is 0.250. The lowest BCUT2D eigenvalue weighted by Crippen LogP contribution is -2.13. The molecule has 5 heteroatoms. The molecule has 0 amide bonds. The number of halogens is 2. The van der Waals surface area contributed by atoms with E-state index in [1.54, 1.807) is 32.4 Å². The van der Waals surface area contributed by atoms with Crippen LogP contribution in [0, 0.1) is 5.82 Å². The van der Waals surface area contributed by atoms with Crippen molar-refractivity contribution >= 4 is 11.6 Å². The van der Waals surface area contributed by atoms with E-state index in [2.05, 4.69) is 5.32 Å². The molecule has 0 aliphatic heterocycles. The topological polar surface area (TPSA) is 30.5 Å². The first-order chi connectivity index (χ1) is 10.1. The van der Waals surface area contributed by atoms with Crippen LogP contribution < -0.4 is 14.8 Å². The van der Waals surface area contributed by atoms with E-state index in [0.29, 0.717) is 29.6 Å². The van der Waals surface area contributed by atoms with Crippen LogP contribution in [-0.2, 0) is 13.1 Å². The summed E-state index contributed by atoms with van der Waals surface area (Å²) >= 11 is 6.07. The van der Waals surface area contributed by atoms with Gasteiger partial charge in [-0.2, -0.15) is 0 Å². The summed E-state index contributed by atoms with van der Waals surface area (Å²) in [7, 11) is 3.17. The normalized spacial score (nSPS) is 10.5. The Morgan fingerprint density at radius 1 is 1.05 bits per heavy atom. The van der Waals surface area contributed by atoms with Gasteiger partial charge >= 0.3 is 0 Å². The van der Waals surface area contributed by atoms with Gasteiger partial charge in [-0.05, 0) is 23.8 Å². The summed E-state index contributed by atoms with van der Waals surface area (Å²) < 4.78 is 23.5. The fourth-order valence-electron chi connectivity index (χ4n) is 2.08. The molecule has 0 unspecified atom stereocenters. The molecule has 0 bridgehead atoms. The van der Waals surface area contributed by atoms with Crippen LogP contribution in [0.15, 0.2) is 36.4 Å². The van der Waals surface area contributed by atoms with Crippen LogP contribution in [0.4, 0.5) is 4.39 Å². The monoisotopic (exact) mass is 309 g/mol. The van der Waals surface area contributed by atoms with E-state index in [9.17, 15) is 4.39 Å². The van der Waals surface area contributed by atoms with Gasteiger partial charge in [0.25, 0.3) is 0 Å². The summed E-state index contributed by atoms with van der Waals surface area (Å²) in [5.41, 5.74) is 1.91. The highest BCUT2D eigenvalue weighted by molar-refractivity contribution is 6.30. The number of hydrogen-bond donors (Lipinski definition) is 1. The van der Waals surface area contributed by atoms with Gasteiger partial charge < -0.3 is 14.8 Å². The molecule has 0 saturated heterocycles. The van der Waals surface area contributed by atoms with Crippen LogP contribution in [0.3, 0.4) is 0 Å². The predicted octanol–water partition coefficient (Wildman–Crippen LogP) is 3.79. The first-order valence-corrected chi connectivity index (χ1v) is 6.87. The zero-order valence-corrected chi connectivity index (χ0v) is 12.7. The third-order valence-corrected chi connectivity index (χ3v) is 3.30. The summed E-state index contributed by atoms with van der Waals surface area (Å²) in [4.78, 5) is 0. The predicted molar refractivity (Wildman–Crippen MR) is 81.5 cm³/mol. The van der Waals surface area contributed by atoms with Gasteiger partial charge in [0.2, 0.25) is 0 Å². The maximum Gasteiger partial charge on any atom is 0.165 e. The standard InChI is InChI=1S/C16H17ClFNO2/c1-20-15-8-13(17)7-12(16(15)21-2)10-19-9-11-3-5-14(18)6-4-11/h3-8,19H,9-10H2,1-2H3. The third kappa shape index (κ3) is 4.09. The van der Waals surface area contributed by atoms with Crippen molar-refractivity contribution < 1.29 is 13.9 Å². The summed E-state index contributed by atoms with van der Waals surface area (Å²) in [6.45, 7) is 1.19. The van der Waals surface area contributed by atoms with Crippen molar-refractivity contribution in [2.45, 2.75) is 13.1 Å². The van der Waals surface area contributed by atoms with E-state index in [0.717, 1.165) is 11.1 Å². The van der Waals surface area contributed by atoms with Crippen LogP contribution in [0.5, 0.6) is 11.5 Å². The van der Waals surface area contributed by atoms with E-state index >= 15 is 0 Å². The number of benzene rings is 2. The third-order valence-electron chi connectivity index (χ3n) is 3.08. The Morgan fingerprint density at radius 2 is 1.76 bits per heavy atom. The van der Waals surface area contributed by atoms with Crippen molar-refractivity contribution in [3.8, 4) is 11.5 Å². The maximum absolute atomic E-state index is 12.8. The molecule has 21 heavy (non-hydrogen) atoms. The molecular weight excluding hydrogens is 293 g/mol. The quantitative estimate of drug-likeness (QED) is 0.880. The molecule has 0 spiro atoms. The first-order valence-electron chi connectivity index (χ1n) is 6.49. The van der Waals surface area contributed by atoms with Gasteiger partial charge in [-0.3, -0.25) is 0 Å². The number of nitrogens with one attached hydrogen (secondary N) is 1. The molecule has 0 aliphatic rings. The van der Waals surface area contributed by atoms with E-state index in [4.69, 9.17) is 21.1 Å². The van der Waals surface area contributed by atoms with Crippen LogP contribution in [-0.4, -0.2) is 14.2 Å². The largest absolute Gasteiger partial charge is 0.493 e. The molecule has 0 atom stereocenters. The second-order valence-corrected chi connectivity index (χ2v) is 4.97. The molecule has 112 valence electrons. The Bertz CT molecular complexity index is 602. The van der Waals surface area contributed by atoms with Crippen LogP contribution in [0.1, 0.15) is 11.1 Å². The van der Waals surface area contributed by atoms with Gasteiger partial charge in [-0.25, -0.2) is 4.39 Å². The lowest BCUT2D eigenvalue weighted by molar-refractivity contribution is 0.350. The zero-order chi connectivity index (χ0) is 15.2. The van der Waals surface area contributed by atoms with Crippen molar-refractivity contribution in [3.05, 3.63) is 58.4 Å². The van der Waals surface area contributed by atoms with Gasteiger partial charge in [-0.1, -0.05) is 23.7 Å². The number of hydrogen-bond acceptors (Lipinski definition) is 3. The molecule has 1 N–H and O–H groups in total. The SMILES string of the molecule is COc1cc(Cl)cc(CNCc2ccc(F)cc2)c1OC. The molecule has 3 nitrogen and oxygen atoms in total. The molecule has 0 saturated carbocycles. The summed E-state index contributed by atoms with van der Waals surface area (Å²) in [6, 6.07) is 9.93. The first kappa shape index (κ1) is 15.6. The van der Waals surface area contributed by atoms with E-state index in [1.807, 2.05) is 6.07 Å². The Kier molecular flexibility index (Phi) is 5.42. The van der Waals surface area contributed by atoms with Crippen molar-refractivity contribution in [3.63, 3.8) is 0 Å². The van der Waals surface area contributed by atoms with Crippen LogP contribution in [0.25, 0.3) is 0 Å².